The lowest BCUT2D eigenvalue weighted by molar-refractivity contribution is 0.0999. The molecule has 0 aliphatic heterocycles. The van der Waals surface area contributed by atoms with Crippen LogP contribution in [0.5, 0.6) is 0 Å². The summed E-state index contributed by atoms with van der Waals surface area (Å²) in [5.41, 5.74) is 1.84. The summed E-state index contributed by atoms with van der Waals surface area (Å²) >= 11 is 7.70. The van der Waals surface area contributed by atoms with E-state index >= 15 is 0 Å². The molecule has 158 valence electrons. The third-order valence-electron chi connectivity index (χ3n) is 4.86. The Morgan fingerprint density at radius 3 is 2.10 bits per heavy atom. The Hall–Kier alpha value is -3.36. The number of amides is 2. The Morgan fingerprint density at radius 1 is 0.903 bits per heavy atom. The van der Waals surface area contributed by atoms with Gasteiger partial charge in [-0.1, -0.05) is 29.8 Å². The molecule has 4 rings (SSSR count). The van der Waals surface area contributed by atoms with Crippen LogP contribution < -0.4 is 10.6 Å². The maximum absolute atomic E-state index is 12.8. The number of rotatable bonds is 5. The number of benzene rings is 1. The highest BCUT2D eigenvalue weighted by atomic mass is 35.5. The minimum Gasteiger partial charge on any atom is -0.346 e. The molecule has 0 aliphatic rings. The second-order valence-corrected chi connectivity index (χ2v) is 8.59. The molecule has 0 saturated carbocycles. The number of ketones is 1. The number of halogens is 1. The van der Waals surface area contributed by atoms with E-state index < -0.39 is 0 Å². The first-order valence-corrected chi connectivity index (χ1v) is 10.6. The van der Waals surface area contributed by atoms with Gasteiger partial charge >= 0.3 is 0 Å². The summed E-state index contributed by atoms with van der Waals surface area (Å²) < 4.78 is 4.20. The van der Waals surface area contributed by atoms with E-state index in [1.165, 1.54) is 18.3 Å². The van der Waals surface area contributed by atoms with Crippen LogP contribution in [0.25, 0.3) is 10.1 Å². The molecular weight excluding hydrogens is 436 g/mol. The van der Waals surface area contributed by atoms with Crippen LogP contribution in [-0.2, 0) is 14.1 Å². The van der Waals surface area contributed by atoms with Crippen molar-refractivity contribution in [2.24, 2.45) is 14.1 Å². The van der Waals surface area contributed by atoms with Crippen LogP contribution in [0.1, 0.15) is 37.6 Å². The maximum Gasteiger partial charge on any atom is 0.272 e. The minimum atomic E-state index is -0.358. The van der Waals surface area contributed by atoms with Crippen LogP contribution in [0.4, 0.5) is 11.4 Å². The molecule has 0 aliphatic carbocycles. The summed E-state index contributed by atoms with van der Waals surface area (Å²) in [5.74, 6) is -0.784. The highest BCUT2D eigenvalue weighted by molar-refractivity contribution is 7.21. The van der Waals surface area contributed by atoms with E-state index in [-0.39, 0.29) is 17.6 Å². The van der Waals surface area contributed by atoms with Gasteiger partial charge in [0.15, 0.2) is 5.78 Å². The maximum atomic E-state index is 12.8. The first-order chi connectivity index (χ1) is 14.7. The highest BCUT2D eigenvalue weighted by Crippen LogP contribution is 2.35. The molecule has 1 aromatic carbocycles. The predicted molar refractivity (Wildman–Crippen MR) is 124 cm³/mol. The van der Waals surface area contributed by atoms with Crippen molar-refractivity contribution < 1.29 is 14.4 Å². The molecule has 0 bridgehead atoms. The lowest BCUT2D eigenvalue weighted by Gasteiger charge is -2.03. The van der Waals surface area contributed by atoms with Crippen molar-refractivity contribution in [3.63, 3.8) is 0 Å². The SMILES string of the molecule is CC(=O)c1cc(NC(=O)c2cc(NC(=O)c3sc4ccccc4c3Cl)cn2C)cn1C. The van der Waals surface area contributed by atoms with Crippen molar-refractivity contribution in [2.45, 2.75) is 6.92 Å². The lowest BCUT2D eigenvalue weighted by Crippen LogP contribution is -2.14. The molecule has 0 radical (unpaired) electrons. The molecule has 0 spiro atoms. The van der Waals surface area contributed by atoms with Crippen molar-refractivity contribution in [3.8, 4) is 0 Å². The van der Waals surface area contributed by atoms with Gasteiger partial charge < -0.3 is 19.8 Å². The first-order valence-electron chi connectivity index (χ1n) is 9.38. The fraction of sp³-hybridized carbons (Fsp3) is 0.136. The van der Waals surface area contributed by atoms with Gasteiger partial charge in [-0.3, -0.25) is 14.4 Å². The Balaban J connectivity index is 1.52. The number of fused-ring (bicyclic) bond motifs is 1. The zero-order chi connectivity index (χ0) is 22.3. The van der Waals surface area contributed by atoms with Crippen LogP contribution in [0.15, 0.2) is 48.8 Å². The molecule has 7 nitrogen and oxygen atoms in total. The molecule has 0 fully saturated rings. The Kier molecular flexibility index (Phi) is 5.43. The summed E-state index contributed by atoms with van der Waals surface area (Å²) in [6.45, 7) is 1.47. The van der Waals surface area contributed by atoms with Gasteiger partial charge in [-0.25, -0.2) is 0 Å². The van der Waals surface area contributed by atoms with Crippen LogP contribution in [0, 0.1) is 0 Å². The van der Waals surface area contributed by atoms with Gasteiger partial charge in [0, 0.05) is 43.5 Å². The van der Waals surface area contributed by atoms with Gasteiger partial charge in [0.1, 0.15) is 10.6 Å². The number of anilines is 2. The molecule has 4 aromatic rings. The van der Waals surface area contributed by atoms with E-state index in [9.17, 15) is 14.4 Å². The van der Waals surface area contributed by atoms with Crippen LogP contribution in [0.2, 0.25) is 5.02 Å². The average molecular weight is 455 g/mol. The molecule has 0 unspecified atom stereocenters. The van der Waals surface area contributed by atoms with E-state index in [0.29, 0.717) is 32.7 Å². The lowest BCUT2D eigenvalue weighted by atomic mass is 10.2. The van der Waals surface area contributed by atoms with E-state index in [1.807, 2.05) is 24.3 Å². The summed E-state index contributed by atoms with van der Waals surface area (Å²) in [6.07, 6.45) is 3.32. The highest BCUT2D eigenvalue weighted by Gasteiger charge is 2.19. The second-order valence-electron chi connectivity index (χ2n) is 7.16. The summed E-state index contributed by atoms with van der Waals surface area (Å²) in [7, 11) is 3.45. The summed E-state index contributed by atoms with van der Waals surface area (Å²) in [6, 6.07) is 10.8. The van der Waals surface area contributed by atoms with Crippen LogP contribution >= 0.6 is 22.9 Å². The van der Waals surface area contributed by atoms with Crippen molar-refractivity contribution in [1.29, 1.82) is 0 Å². The monoisotopic (exact) mass is 454 g/mol. The van der Waals surface area contributed by atoms with Gasteiger partial charge in [0.2, 0.25) is 0 Å². The van der Waals surface area contributed by atoms with Crippen molar-refractivity contribution in [1.82, 2.24) is 9.13 Å². The van der Waals surface area contributed by atoms with Gasteiger partial charge in [0.05, 0.1) is 22.1 Å². The number of carbonyl (C=O) groups is 3. The third-order valence-corrected chi connectivity index (χ3v) is 6.53. The van der Waals surface area contributed by atoms with Crippen molar-refractivity contribution >= 4 is 62.0 Å². The number of nitrogens with zero attached hydrogens (tertiary/aromatic N) is 2. The third kappa shape index (κ3) is 3.99. The van der Waals surface area contributed by atoms with Gasteiger partial charge in [-0.15, -0.1) is 11.3 Å². The molecule has 0 saturated heterocycles. The van der Waals surface area contributed by atoms with Crippen LogP contribution in [-0.4, -0.2) is 26.7 Å². The number of aryl methyl sites for hydroxylation is 2. The Morgan fingerprint density at radius 2 is 1.48 bits per heavy atom. The first kappa shape index (κ1) is 20.9. The molecule has 2 amide bonds. The molecule has 3 heterocycles. The number of hydrogen-bond donors (Lipinski definition) is 2. The molecule has 2 N–H and O–H groups in total. The predicted octanol–water partition coefficient (Wildman–Crippen LogP) is 4.94. The molecule has 0 atom stereocenters. The Bertz CT molecular complexity index is 1350. The largest absolute Gasteiger partial charge is 0.346 e. The number of nitrogens with one attached hydrogen (secondary N) is 2. The molecule has 9 heteroatoms. The fourth-order valence-electron chi connectivity index (χ4n) is 3.38. The molecule has 3 aromatic heterocycles. The van der Waals surface area contributed by atoms with Gasteiger partial charge in [0.25, 0.3) is 11.8 Å². The average Bonchev–Trinajstić information content (AvgIpc) is 3.37. The number of hydrogen-bond acceptors (Lipinski definition) is 4. The van der Waals surface area contributed by atoms with Crippen LogP contribution in [0.3, 0.4) is 0 Å². The fourth-order valence-corrected chi connectivity index (χ4v) is 4.80. The van der Waals surface area contributed by atoms with Crippen molar-refractivity contribution in [3.05, 3.63) is 70.1 Å². The van der Waals surface area contributed by atoms with E-state index in [4.69, 9.17) is 11.6 Å². The van der Waals surface area contributed by atoms with E-state index in [0.717, 1.165) is 10.1 Å². The standard InChI is InChI=1S/C22H19ClN4O3S/c1-12(28)16-8-13(10-26(16)2)24-21(29)17-9-14(11-27(17)3)25-22(30)20-19(23)15-6-4-5-7-18(15)31-20/h4-11H,1-3H3,(H,24,29)(H,25,30). The smallest absolute Gasteiger partial charge is 0.272 e. The summed E-state index contributed by atoms with van der Waals surface area (Å²) in [5, 5.41) is 6.83. The molecular formula is C22H19ClN4O3S. The summed E-state index contributed by atoms with van der Waals surface area (Å²) in [4.78, 5) is 37.5. The number of carbonyl (C=O) groups excluding carboxylic acids is 3. The topological polar surface area (TPSA) is 85.1 Å². The van der Waals surface area contributed by atoms with Gasteiger partial charge in [-0.2, -0.15) is 0 Å². The normalized spacial score (nSPS) is 11.0. The van der Waals surface area contributed by atoms with Gasteiger partial charge in [-0.05, 0) is 18.2 Å². The quantitative estimate of drug-likeness (QED) is 0.419. The Labute approximate surface area is 187 Å². The number of aromatic nitrogens is 2. The van der Waals surface area contributed by atoms with E-state index in [2.05, 4.69) is 10.6 Å². The second kappa shape index (κ2) is 8.05. The van der Waals surface area contributed by atoms with E-state index in [1.54, 1.807) is 47.8 Å². The zero-order valence-electron chi connectivity index (χ0n) is 17.0. The number of Topliss-reactive ketones (excluding diaryl/α,β-unsaturated/α-hetero) is 1. The number of thiophene rings is 1. The minimum absolute atomic E-state index is 0.0910. The zero-order valence-corrected chi connectivity index (χ0v) is 18.6. The van der Waals surface area contributed by atoms with Crippen molar-refractivity contribution in [2.75, 3.05) is 10.6 Å². The molecule has 31 heavy (non-hydrogen) atoms.